The summed E-state index contributed by atoms with van der Waals surface area (Å²) in [4.78, 5) is 12.1. The van der Waals surface area contributed by atoms with Crippen molar-refractivity contribution in [3.63, 3.8) is 0 Å². The number of amides is 1. The van der Waals surface area contributed by atoms with Gasteiger partial charge in [0.25, 0.3) is 5.91 Å². The van der Waals surface area contributed by atoms with Gasteiger partial charge in [-0.05, 0) is 44.9 Å². The number of carbonyl (C=O) groups excluding carboxylic acids is 1. The molecule has 5 nitrogen and oxygen atoms in total. The third-order valence-electron chi connectivity index (χ3n) is 3.26. The van der Waals surface area contributed by atoms with Crippen LogP contribution in [0.5, 0.6) is 5.75 Å². The van der Waals surface area contributed by atoms with Crippen LogP contribution in [0.4, 0.5) is 0 Å². The van der Waals surface area contributed by atoms with Gasteiger partial charge in [0, 0.05) is 24.3 Å². The molecule has 22 heavy (non-hydrogen) atoms. The molecular weight excluding hydrogens is 304 g/mol. The van der Waals surface area contributed by atoms with Gasteiger partial charge in [0.05, 0.1) is 6.10 Å². The second-order valence-electron chi connectivity index (χ2n) is 6.15. The molecule has 124 valence electrons. The van der Waals surface area contributed by atoms with Crippen molar-refractivity contribution in [3.8, 4) is 5.75 Å². The maximum atomic E-state index is 12.1. The second-order valence-corrected chi connectivity index (χ2v) is 6.15. The average Bonchev–Trinajstić information content (AvgIpc) is 2.95. The Hall–Kier alpha value is -1.30. The van der Waals surface area contributed by atoms with Crippen LogP contribution in [0.15, 0.2) is 24.3 Å². The molecule has 1 fully saturated rings. The monoisotopic (exact) mass is 328 g/mol. The fourth-order valence-electron chi connectivity index (χ4n) is 2.10. The minimum atomic E-state index is -0.427. The lowest BCUT2D eigenvalue weighted by molar-refractivity contribution is 0.0679. The average molecular weight is 329 g/mol. The van der Waals surface area contributed by atoms with Crippen LogP contribution in [0, 0.1) is 0 Å². The van der Waals surface area contributed by atoms with Crippen molar-refractivity contribution in [1.82, 2.24) is 5.32 Å². The number of hydrogen-bond donors (Lipinski definition) is 2. The molecule has 0 saturated carbocycles. The van der Waals surface area contributed by atoms with Crippen molar-refractivity contribution >= 4 is 18.3 Å². The van der Waals surface area contributed by atoms with Crippen LogP contribution >= 0.6 is 12.4 Å². The quantitative estimate of drug-likeness (QED) is 0.839. The molecule has 1 aromatic carbocycles. The summed E-state index contributed by atoms with van der Waals surface area (Å²) in [6.07, 6.45) is 2.29. The van der Waals surface area contributed by atoms with E-state index in [2.05, 4.69) is 5.32 Å². The molecule has 1 saturated heterocycles. The molecule has 2 rings (SSSR count). The predicted octanol–water partition coefficient (Wildman–Crippen LogP) is 2.13. The van der Waals surface area contributed by atoms with Crippen LogP contribution in [0.25, 0.3) is 0 Å². The summed E-state index contributed by atoms with van der Waals surface area (Å²) in [5, 5.41) is 2.82. The van der Waals surface area contributed by atoms with E-state index in [4.69, 9.17) is 15.2 Å². The van der Waals surface area contributed by atoms with Gasteiger partial charge >= 0.3 is 0 Å². The Bertz CT molecular complexity index is 483. The molecule has 1 heterocycles. The molecule has 3 N–H and O–H groups in total. The normalized spacial score (nSPS) is 17.7. The number of ether oxygens (including phenoxy) is 2. The molecule has 1 aliphatic heterocycles. The highest BCUT2D eigenvalue weighted by Gasteiger charge is 2.17. The smallest absolute Gasteiger partial charge is 0.251 e. The molecule has 1 atom stereocenters. The van der Waals surface area contributed by atoms with Gasteiger partial charge in [-0.1, -0.05) is 6.07 Å². The van der Waals surface area contributed by atoms with Gasteiger partial charge in [-0.25, -0.2) is 0 Å². The Morgan fingerprint density at radius 1 is 1.50 bits per heavy atom. The Labute approximate surface area is 138 Å². The zero-order valence-corrected chi connectivity index (χ0v) is 13.9. The fraction of sp³-hybridized carbons (Fsp3) is 0.562. The number of nitrogens with two attached hydrogens (primary N) is 1. The van der Waals surface area contributed by atoms with Crippen LogP contribution in [0.1, 0.15) is 37.0 Å². The van der Waals surface area contributed by atoms with Crippen molar-refractivity contribution in [3.05, 3.63) is 29.8 Å². The van der Waals surface area contributed by atoms with E-state index in [-0.39, 0.29) is 24.4 Å². The van der Waals surface area contributed by atoms with Crippen molar-refractivity contribution in [2.24, 2.45) is 5.73 Å². The highest BCUT2D eigenvalue weighted by molar-refractivity contribution is 5.94. The Kier molecular flexibility index (Phi) is 7.13. The fourth-order valence-corrected chi connectivity index (χ4v) is 2.10. The summed E-state index contributed by atoms with van der Waals surface area (Å²) < 4.78 is 11.2. The van der Waals surface area contributed by atoms with Crippen LogP contribution in [0.3, 0.4) is 0 Å². The van der Waals surface area contributed by atoms with E-state index in [1.54, 1.807) is 12.1 Å². The topological polar surface area (TPSA) is 73.6 Å². The van der Waals surface area contributed by atoms with Gasteiger partial charge in [-0.15, -0.1) is 12.4 Å². The highest BCUT2D eigenvalue weighted by Crippen LogP contribution is 2.17. The maximum Gasteiger partial charge on any atom is 0.251 e. The molecule has 0 radical (unpaired) electrons. The summed E-state index contributed by atoms with van der Waals surface area (Å²) in [7, 11) is 0. The lowest BCUT2D eigenvalue weighted by atomic mass is 10.1. The summed E-state index contributed by atoms with van der Waals surface area (Å²) in [6, 6.07) is 7.16. The predicted molar refractivity (Wildman–Crippen MR) is 88.8 cm³/mol. The molecule has 1 unspecified atom stereocenters. The third-order valence-corrected chi connectivity index (χ3v) is 3.26. The summed E-state index contributed by atoms with van der Waals surface area (Å²) in [5.41, 5.74) is 6.00. The van der Waals surface area contributed by atoms with Gasteiger partial charge < -0.3 is 20.5 Å². The number of hydrogen-bond acceptors (Lipinski definition) is 4. The van der Waals surface area contributed by atoms with E-state index in [0.29, 0.717) is 24.5 Å². The molecule has 1 aromatic rings. The minimum Gasteiger partial charge on any atom is -0.491 e. The van der Waals surface area contributed by atoms with Crippen molar-refractivity contribution in [2.75, 3.05) is 19.8 Å². The van der Waals surface area contributed by atoms with E-state index in [9.17, 15) is 4.79 Å². The molecule has 0 bridgehead atoms. The van der Waals surface area contributed by atoms with Gasteiger partial charge in [0.2, 0.25) is 0 Å². The van der Waals surface area contributed by atoms with E-state index in [1.807, 2.05) is 26.0 Å². The van der Waals surface area contributed by atoms with Gasteiger partial charge in [0.15, 0.2) is 0 Å². The molecule has 0 aromatic heterocycles. The summed E-state index contributed by atoms with van der Waals surface area (Å²) in [6.45, 7) is 5.50. The van der Waals surface area contributed by atoms with Gasteiger partial charge in [-0.3, -0.25) is 4.79 Å². The molecule has 0 aliphatic carbocycles. The van der Waals surface area contributed by atoms with Gasteiger partial charge in [-0.2, -0.15) is 0 Å². The highest BCUT2D eigenvalue weighted by atomic mass is 35.5. The Morgan fingerprint density at radius 3 is 2.91 bits per heavy atom. The van der Waals surface area contributed by atoms with E-state index >= 15 is 0 Å². The van der Waals surface area contributed by atoms with E-state index in [0.717, 1.165) is 19.4 Å². The van der Waals surface area contributed by atoms with E-state index < -0.39 is 5.54 Å². The third kappa shape index (κ3) is 6.22. The number of rotatable bonds is 6. The zero-order valence-electron chi connectivity index (χ0n) is 13.1. The summed E-state index contributed by atoms with van der Waals surface area (Å²) in [5.74, 6) is 0.543. The first kappa shape index (κ1) is 18.7. The van der Waals surface area contributed by atoms with Crippen molar-refractivity contribution in [1.29, 1.82) is 0 Å². The van der Waals surface area contributed by atoms with Crippen molar-refractivity contribution < 1.29 is 14.3 Å². The van der Waals surface area contributed by atoms with E-state index in [1.165, 1.54) is 0 Å². The largest absolute Gasteiger partial charge is 0.491 e. The molecular formula is C16H25ClN2O3. The number of nitrogens with one attached hydrogen (secondary N) is 1. The van der Waals surface area contributed by atoms with Crippen LogP contribution in [-0.4, -0.2) is 37.3 Å². The molecule has 1 amide bonds. The number of benzene rings is 1. The molecule has 1 aliphatic rings. The number of halogens is 1. The van der Waals surface area contributed by atoms with Crippen LogP contribution in [-0.2, 0) is 4.74 Å². The molecule has 0 spiro atoms. The molecule has 6 heteroatoms. The Morgan fingerprint density at radius 2 is 2.27 bits per heavy atom. The summed E-state index contributed by atoms with van der Waals surface area (Å²) >= 11 is 0. The van der Waals surface area contributed by atoms with Crippen LogP contribution < -0.4 is 15.8 Å². The Balaban J connectivity index is 0.00000242. The van der Waals surface area contributed by atoms with Crippen molar-refractivity contribution in [2.45, 2.75) is 38.3 Å². The first-order chi connectivity index (χ1) is 9.94. The lowest BCUT2D eigenvalue weighted by Gasteiger charge is -2.19. The van der Waals surface area contributed by atoms with Gasteiger partial charge in [0.1, 0.15) is 12.4 Å². The number of carbonyl (C=O) groups is 1. The standard InChI is InChI=1S/C16H24N2O3.ClH/c1-16(2,17)11-18-15(19)12-5-3-6-13(9-12)21-10-14-7-4-8-20-14;/h3,5-6,9,14H,4,7-8,10-11,17H2,1-2H3,(H,18,19);1H. The lowest BCUT2D eigenvalue weighted by Crippen LogP contribution is -2.45. The maximum absolute atomic E-state index is 12.1. The van der Waals surface area contributed by atoms with Crippen LogP contribution in [0.2, 0.25) is 0 Å². The minimum absolute atomic E-state index is 0. The second kappa shape index (κ2) is 8.36. The zero-order chi connectivity index (χ0) is 15.3. The SMILES string of the molecule is CC(C)(N)CNC(=O)c1cccc(OCC2CCCO2)c1.Cl. The first-order valence-corrected chi connectivity index (χ1v) is 7.35. The first-order valence-electron chi connectivity index (χ1n) is 7.35.